The minimum atomic E-state index is -0.418. The number of rotatable bonds is 8. The molecule has 2 aromatic rings. The number of esters is 1. The molecule has 5 nitrogen and oxygen atoms in total. The Bertz CT molecular complexity index is 901. The van der Waals surface area contributed by atoms with Crippen LogP contribution in [0.15, 0.2) is 59.8 Å². The van der Waals surface area contributed by atoms with Crippen molar-refractivity contribution in [2.75, 3.05) is 21.3 Å². The van der Waals surface area contributed by atoms with E-state index in [2.05, 4.69) is 0 Å². The summed E-state index contributed by atoms with van der Waals surface area (Å²) in [4.78, 5) is 17.1. The molecule has 0 spiro atoms. The second-order valence-electron chi connectivity index (χ2n) is 6.63. The molecule has 152 valence electrons. The quantitative estimate of drug-likeness (QED) is 0.196. The van der Waals surface area contributed by atoms with Crippen molar-refractivity contribution in [3.8, 4) is 5.75 Å². The predicted molar refractivity (Wildman–Crippen MR) is 118 cm³/mol. The smallest absolute Gasteiger partial charge is 0.341 e. The van der Waals surface area contributed by atoms with Crippen LogP contribution in [0.1, 0.15) is 24.0 Å². The van der Waals surface area contributed by atoms with Crippen LogP contribution in [0.2, 0.25) is 0 Å². The number of ether oxygens (including phenoxy) is 3. The van der Waals surface area contributed by atoms with E-state index < -0.39 is 5.97 Å². The maximum atomic E-state index is 12.2. The lowest BCUT2D eigenvalue weighted by Crippen LogP contribution is -2.07. The Balaban J connectivity index is 1.81. The Kier molecular flexibility index (Phi) is 7.36. The highest BCUT2D eigenvalue weighted by Gasteiger charge is 2.28. The molecule has 0 heterocycles. The van der Waals surface area contributed by atoms with Crippen LogP contribution in [0.3, 0.4) is 0 Å². The summed E-state index contributed by atoms with van der Waals surface area (Å²) in [6.45, 7) is 0. The molecule has 0 atom stereocenters. The summed E-state index contributed by atoms with van der Waals surface area (Å²) in [5.41, 5.74) is 3.18. The van der Waals surface area contributed by atoms with Crippen molar-refractivity contribution in [3.63, 3.8) is 0 Å². The van der Waals surface area contributed by atoms with Crippen molar-refractivity contribution < 1.29 is 19.0 Å². The summed E-state index contributed by atoms with van der Waals surface area (Å²) in [7, 11) is 4.55. The number of carbonyl (C=O) groups excluding carboxylic acids is 1. The third kappa shape index (κ3) is 5.64. The van der Waals surface area contributed by atoms with Gasteiger partial charge >= 0.3 is 5.97 Å². The van der Waals surface area contributed by atoms with Crippen LogP contribution in [0.4, 0.5) is 5.69 Å². The van der Waals surface area contributed by atoms with Gasteiger partial charge in [0.1, 0.15) is 11.3 Å². The average Bonchev–Trinajstić information content (AvgIpc) is 3.60. The van der Waals surface area contributed by atoms with Gasteiger partial charge in [-0.2, -0.15) is 0 Å². The maximum absolute atomic E-state index is 12.2. The van der Waals surface area contributed by atoms with Crippen LogP contribution in [0.25, 0.3) is 5.57 Å². The molecule has 0 radical (unpaired) electrons. The third-order valence-electron chi connectivity index (χ3n) is 4.56. The molecule has 0 N–H and O–H groups in total. The van der Waals surface area contributed by atoms with Gasteiger partial charge in [0.25, 0.3) is 0 Å². The van der Waals surface area contributed by atoms with E-state index in [4.69, 9.17) is 19.2 Å². The topological polar surface area (TPSA) is 57.1 Å². The van der Waals surface area contributed by atoms with Gasteiger partial charge < -0.3 is 14.2 Å². The van der Waals surface area contributed by atoms with Crippen molar-refractivity contribution >= 4 is 34.0 Å². The number of thioether (sulfide) groups is 1. The van der Waals surface area contributed by atoms with Crippen LogP contribution < -0.4 is 4.74 Å². The molecular weight excluding hydrogens is 386 g/mol. The molecular formula is C23H25NO4S. The minimum Gasteiger partial charge on any atom is -0.503 e. The average molecular weight is 412 g/mol. The maximum Gasteiger partial charge on any atom is 0.341 e. The van der Waals surface area contributed by atoms with Crippen molar-refractivity contribution in [2.24, 2.45) is 10.9 Å². The molecule has 29 heavy (non-hydrogen) atoms. The number of aliphatic imine (C=N–C) groups is 1. The first-order valence-corrected chi connectivity index (χ1v) is 10.4. The summed E-state index contributed by atoms with van der Waals surface area (Å²) in [5, 5.41) is 1.13. The Hall–Kier alpha value is -2.73. The highest BCUT2D eigenvalue weighted by molar-refractivity contribution is 8.13. The number of hydrogen-bond acceptors (Lipinski definition) is 6. The Labute approximate surface area is 175 Å². The van der Waals surface area contributed by atoms with E-state index in [9.17, 15) is 4.79 Å². The Morgan fingerprint density at radius 2 is 1.83 bits per heavy atom. The normalized spacial score (nSPS) is 14.4. The number of hydrogen-bond donors (Lipinski definition) is 0. The predicted octanol–water partition coefficient (Wildman–Crippen LogP) is 5.23. The highest BCUT2D eigenvalue weighted by atomic mass is 32.2. The van der Waals surface area contributed by atoms with Crippen LogP contribution in [0, 0.1) is 5.92 Å². The molecule has 1 fully saturated rings. The standard InChI is InChI=1S/C23H25NO4S/c1-26-14-21(23(25)28-3)20-7-5-4-6-17(20)15-29-22(16-8-9-16)24-18-10-12-19(27-2)13-11-18/h4-7,10-14,16H,8-9,15H2,1-3H3/b21-14+,24-22-. The summed E-state index contributed by atoms with van der Waals surface area (Å²) in [6.07, 6.45) is 3.77. The molecule has 1 saturated carbocycles. The number of nitrogens with zero attached hydrogens (tertiary/aromatic N) is 1. The first-order chi connectivity index (χ1) is 14.2. The monoisotopic (exact) mass is 411 g/mol. The van der Waals surface area contributed by atoms with Crippen molar-refractivity contribution in [1.29, 1.82) is 0 Å². The number of carbonyl (C=O) groups is 1. The lowest BCUT2D eigenvalue weighted by molar-refractivity contribution is -0.133. The molecule has 6 heteroatoms. The van der Waals surface area contributed by atoms with Gasteiger partial charge in [0.05, 0.1) is 38.3 Å². The molecule has 3 rings (SSSR count). The summed E-state index contributed by atoms with van der Waals surface area (Å²) in [6, 6.07) is 15.6. The Morgan fingerprint density at radius 3 is 2.45 bits per heavy atom. The first kappa shape index (κ1) is 21.0. The van der Waals surface area contributed by atoms with Gasteiger partial charge in [-0.05, 0) is 48.2 Å². The largest absolute Gasteiger partial charge is 0.503 e. The molecule has 1 aliphatic carbocycles. The zero-order chi connectivity index (χ0) is 20.6. The molecule has 0 aliphatic heterocycles. The van der Waals surface area contributed by atoms with E-state index in [-0.39, 0.29) is 0 Å². The molecule has 0 saturated heterocycles. The summed E-state index contributed by atoms with van der Waals surface area (Å²) in [5.74, 6) is 1.63. The second-order valence-corrected chi connectivity index (χ2v) is 7.62. The number of methoxy groups -OCH3 is 3. The Morgan fingerprint density at radius 1 is 1.10 bits per heavy atom. The van der Waals surface area contributed by atoms with E-state index in [1.807, 2.05) is 48.5 Å². The van der Waals surface area contributed by atoms with E-state index in [0.717, 1.165) is 27.6 Å². The van der Waals surface area contributed by atoms with Crippen LogP contribution in [-0.4, -0.2) is 32.3 Å². The van der Waals surface area contributed by atoms with Gasteiger partial charge in [-0.3, -0.25) is 0 Å². The van der Waals surface area contributed by atoms with E-state index in [0.29, 0.717) is 17.2 Å². The lowest BCUT2D eigenvalue weighted by atomic mass is 10.0. The summed E-state index contributed by atoms with van der Waals surface area (Å²) >= 11 is 1.72. The van der Waals surface area contributed by atoms with Crippen LogP contribution in [-0.2, 0) is 20.0 Å². The first-order valence-electron chi connectivity index (χ1n) is 9.41. The van der Waals surface area contributed by atoms with Gasteiger partial charge in [-0.15, -0.1) is 11.8 Å². The van der Waals surface area contributed by atoms with Crippen molar-refractivity contribution in [2.45, 2.75) is 18.6 Å². The van der Waals surface area contributed by atoms with Gasteiger partial charge in [-0.25, -0.2) is 9.79 Å². The SMILES string of the molecule is CO/C=C(/C(=O)OC)c1ccccc1CS/C(=N\c1ccc(OC)cc1)C1CC1. The summed E-state index contributed by atoms with van der Waals surface area (Å²) < 4.78 is 15.2. The van der Waals surface area contributed by atoms with Crippen molar-refractivity contribution in [3.05, 3.63) is 65.9 Å². The van der Waals surface area contributed by atoms with Gasteiger partial charge in [0.15, 0.2) is 0 Å². The van der Waals surface area contributed by atoms with Gasteiger partial charge in [0, 0.05) is 11.7 Å². The zero-order valence-corrected chi connectivity index (χ0v) is 17.7. The van der Waals surface area contributed by atoms with Crippen LogP contribution >= 0.6 is 11.8 Å². The fourth-order valence-corrected chi connectivity index (χ4v) is 4.06. The van der Waals surface area contributed by atoms with Crippen LogP contribution in [0.5, 0.6) is 5.75 Å². The molecule has 1 aliphatic rings. The lowest BCUT2D eigenvalue weighted by Gasteiger charge is -2.12. The van der Waals surface area contributed by atoms with Gasteiger partial charge in [-0.1, -0.05) is 24.3 Å². The van der Waals surface area contributed by atoms with E-state index in [1.165, 1.54) is 33.3 Å². The molecule has 0 aromatic heterocycles. The molecule has 0 amide bonds. The fourth-order valence-electron chi connectivity index (χ4n) is 2.87. The molecule has 0 unspecified atom stereocenters. The molecule has 0 bridgehead atoms. The van der Waals surface area contributed by atoms with E-state index in [1.54, 1.807) is 18.9 Å². The highest BCUT2D eigenvalue weighted by Crippen LogP contribution is 2.38. The fraction of sp³-hybridized carbons (Fsp3) is 0.304. The van der Waals surface area contributed by atoms with Gasteiger partial charge in [0.2, 0.25) is 0 Å². The minimum absolute atomic E-state index is 0.409. The number of benzene rings is 2. The third-order valence-corrected chi connectivity index (χ3v) is 5.74. The van der Waals surface area contributed by atoms with E-state index >= 15 is 0 Å². The second kappa shape index (κ2) is 10.2. The zero-order valence-electron chi connectivity index (χ0n) is 16.9. The molecule has 2 aromatic carbocycles. The van der Waals surface area contributed by atoms with Crippen molar-refractivity contribution in [1.82, 2.24) is 0 Å².